The van der Waals surface area contributed by atoms with E-state index >= 15 is 0 Å². The van der Waals surface area contributed by atoms with Crippen molar-refractivity contribution in [2.75, 3.05) is 0 Å². The van der Waals surface area contributed by atoms with E-state index in [1.807, 2.05) is 0 Å². The number of aromatic hydroxyl groups is 1. The highest BCUT2D eigenvalue weighted by molar-refractivity contribution is 6.32. The van der Waals surface area contributed by atoms with Gasteiger partial charge in [0.15, 0.2) is 0 Å². The van der Waals surface area contributed by atoms with Gasteiger partial charge in [-0.05, 0) is 17.7 Å². The molecular formula is C7H6ClNO2. The topological polar surface area (TPSA) is 52.8 Å². The van der Waals surface area contributed by atoms with Crippen molar-refractivity contribution in [3.8, 4) is 5.75 Å². The van der Waals surface area contributed by atoms with Gasteiger partial charge in [0.05, 0.1) is 11.2 Å². The first-order valence-electron chi connectivity index (χ1n) is 2.90. The predicted octanol–water partition coefficient (Wildman–Crippen LogP) is 1.85. The summed E-state index contributed by atoms with van der Waals surface area (Å²) in [4.78, 5) is 0. The van der Waals surface area contributed by atoms with Crippen LogP contribution in [0, 0.1) is 0 Å². The van der Waals surface area contributed by atoms with Crippen molar-refractivity contribution in [2.24, 2.45) is 5.16 Å². The molecule has 0 spiro atoms. The Labute approximate surface area is 68.5 Å². The first-order chi connectivity index (χ1) is 5.24. The maximum Gasteiger partial charge on any atom is 0.134 e. The molecule has 3 nitrogen and oxygen atoms in total. The molecule has 0 radical (unpaired) electrons. The molecule has 0 bridgehead atoms. The molecule has 0 atom stereocenters. The zero-order valence-corrected chi connectivity index (χ0v) is 6.28. The van der Waals surface area contributed by atoms with E-state index in [1.165, 1.54) is 18.3 Å². The minimum absolute atomic E-state index is 0.0240. The fourth-order valence-corrected chi connectivity index (χ4v) is 0.794. The van der Waals surface area contributed by atoms with Crippen LogP contribution in [-0.4, -0.2) is 16.5 Å². The van der Waals surface area contributed by atoms with Crippen LogP contribution in [0.2, 0.25) is 5.02 Å². The number of halogens is 1. The normalized spacial score (nSPS) is 10.6. The Hall–Kier alpha value is -1.22. The minimum atomic E-state index is -0.0240. The van der Waals surface area contributed by atoms with E-state index < -0.39 is 0 Å². The Balaban J connectivity index is 3.05. The van der Waals surface area contributed by atoms with Gasteiger partial charge in [-0.25, -0.2) is 0 Å². The Morgan fingerprint density at radius 1 is 1.45 bits per heavy atom. The van der Waals surface area contributed by atoms with Gasteiger partial charge in [-0.1, -0.05) is 22.8 Å². The van der Waals surface area contributed by atoms with Crippen LogP contribution in [0.5, 0.6) is 5.75 Å². The Morgan fingerprint density at radius 3 is 2.73 bits per heavy atom. The summed E-state index contributed by atoms with van der Waals surface area (Å²) in [6, 6.07) is 4.55. The second-order valence-electron chi connectivity index (χ2n) is 1.96. The lowest BCUT2D eigenvalue weighted by Gasteiger charge is -1.95. The lowest BCUT2D eigenvalue weighted by atomic mass is 10.2. The molecule has 0 amide bonds. The molecule has 2 N–H and O–H groups in total. The summed E-state index contributed by atoms with van der Waals surface area (Å²) in [7, 11) is 0. The summed E-state index contributed by atoms with van der Waals surface area (Å²) in [6.45, 7) is 0. The monoisotopic (exact) mass is 171 g/mol. The third-order valence-electron chi connectivity index (χ3n) is 1.18. The second kappa shape index (κ2) is 3.25. The number of rotatable bonds is 1. The summed E-state index contributed by atoms with van der Waals surface area (Å²) in [6.07, 6.45) is 1.20. The molecule has 0 saturated heterocycles. The van der Waals surface area contributed by atoms with Gasteiger partial charge in [0.2, 0.25) is 0 Å². The SMILES string of the molecule is O/N=C/c1ccc(Cl)c(O)c1. The van der Waals surface area contributed by atoms with E-state index in [9.17, 15) is 0 Å². The minimum Gasteiger partial charge on any atom is -0.506 e. The van der Waals surface area contributed by atoms with Gasteiger partial charge < -0.3 is 10.3 Å². The number of benzene rings is 1. The highest BCUT2D eigenvalue weighted by atomic mass is 35.5. The smallest absolute Gasteiger partial charge is 0.134 e. The first kappa shape index (κ1) is 7.88. The number of hydrogen-bond donors (Lipinski definition) is 2. The van der Waals surface area contributed by atoms with Gasteiger partial charge in [0.1, 0.15) is 5.75 Å². The standard InChI is InChI=1S/C7H6ClNO2/c8-6-2-1-5(4-9-11)3-7(6)10/h1-4,10-11H/b9-4+. The van der Waals surface area contributed by atoms with E-state index in [4.69, 9.17) is 21.9 Å². The maximum absolute atomic E-state index is 9.05. The quantitative estimate of drug-likeness (QED) is 0.385. The van der Waals surface area contributed by atoms with Gasteiger partial charge in [0, 0.05) is 0 Å². The Morgan fingerprint density at radius 2 is 2.18 bits per heavy atom. The average molecular weight is 172 g/mol. The number of oxime groups is 1. The molecule has 1 aromatic carbocycles. The van der Waals surface area contributed by atoms with Crippen LogP contribution < -0.4 is 0 Å². The fraction of sp³-hybridized carbons (Fsp3) is 0. The number of nitrogens with zero attached hydrogens (tertiary/aromatic N) is 1. The van der Waals surface area contributed by atoms with Crippen LogP contribution in [0.15, 0.2) is 23.4 Å². The van der Waals surface area contributed by atoms with Crippen LogP contribution in [0.3, 0.4) is 0 Å². The van der Waals surface area contributed by atoms with Crippen molar-refractivity contribution in [3.63, 3.8) is 0 Å². The summed E-state index contributed by atoms with van der Waals surface area (Å²) < 4.78 is 0. The molecule has 0 fully saturated rings. The molecule has 0 unspecified atom stereocenters. The first-order valence-corrected chi connectivity index (χ1v) is 3.28. The summed E-state index contributed by atoms with van der Waals surface area (Å²) >= 11 is 5.52. The molecule has 0 aliphatic carbocycles. The van der Waals surface area contributed by atoms with Crippen LogP contribution in [0.25, 0.3) is 0 Å². The maximum atomic E-state index is 9.05. The molecule has 0 aliphatic heterocycles. The van der Waals surface area contributed by atoms with E-state index in [0.29, 0.717) is 5.56 Å². The van der Waals surface area contributed by atoms with Gasteiger partial charge in [-0.3, -0.25) is 0 Å². The summed E-state index contributed by atoms with van der Waals surface area (Å²) in [5, 5.41) is 20.3. The molecule has 1 rings (SSSR count). The van der Waals surface area contributed by atoms with Crippen LogP contribution >= 0.6 is 11.6 Å². The molecule has 4 heteroatoms. The lowest BCUT2D eigenvalue weighted by Crippen LogP contribution is -1.79. The highest BCUT2D eigenvalue weighted by Gasteiger charge is 1.96. The van der Waals surface area contributed by atoms with E-state index in [1.54, 1.807) is 6.07 Å². The van der Waals surface area contributed by atoms with Crippen LogP contribution in [-0.2, 0) is 0 Å². The molecule has 0 aromatic heterocycles. The molecular weight excluding hydrogens is 166 g/mol. The molecule has 11 heavy (non-hydrogen) atoms. The van der Waals surface area contributed by atoms with Crippen molar-refractivity contribution in [3.05, 3.63) is 28.8 Å². The zero-order valence-electron chi connectivity index (χ0n) is 5.53. The van der Waals surface area contributed by atoms with Crippen molar-refractivity contribution < 1.29 is 10.3 Å². The largest absolute Gasteiger partial charge is 0.506 e. The predicted molar refractivity (Wildman–Crippen MR) is 42.5 cm³/mol. The van der Waals surface area contributed by atoms with Gasteiger partial charge in [-0.2, -0.15) is 0 Å². The van der Waals surface area contributed by atoms with E-state index in [-0.39, 0.29) is 10.8 Å². The molecule has 1 aromatic rings. The zero-order chi connectivity index (χ0) is 8.27. The molecule has 0 heterocycles. The lowest BCUT2D eigenvalue weighted by molar-refractivity contribution is 0.322. The molecule has 58 valence electrons. The summed E-state index contributed by atoms with van der Waals surface area (Å²) in [5.74, 6) is -0.0240. The van der Waals surface area contributed by atoms with E-state index in [0.717, 1.165) is 0 Å². The second-order valence-corrected chi connectivity index (χ2v) is 2.36. The Bertz CT molecular complexity index is 286. The number of phenols is 1. The van der Waals surface area contributed by atoms with Gasteiger partial charge in [-0.15, -0.1) is 0 Å². The Kier molecular flexibility index (Phi) is 2.33. The molecule has 0 saturated carbocycles. The van der Waals surface area contributed by atoms with Crippen LogP contribution in [0.1, 0.15) is 5.56 Å². The summed E-state index contributed by atoms with van der Waals surface area (Å²) in [5.41, 5.74) is 0.592. The fourth-order valence-electron chi connectivity index (χ4n) is 0.677. The van der Waals surface area contributed by atoms with Crippen LogP contribution in [0.4, 0.5) is 0 Å². The molecule has 0 aliphatic rings. The van der Waals surface area contributed by atoms with Crippen molar-refractivity contribution in [1.82, 2.24) is 0 Å². The van der Waals surface area contributed by atoms with Crippen molar-refractivity contribution in [2.45, 2.75) is 0 Å². The third-order valence-corrected chi connectivity index (χ3v) is 1.50. The third kappa shape index (κ3) is 1.85. The number of phenolic OH excluding ortho intramolecular Hbond substituents is 1. The van der Waals surface area contributed by atoms with Gasteiger partial charge >= 0.3 is 0 Å². The van der Waals surface area contributed by atoms with Crippen molar-refractivity contribution >= 4 is 17.8 Å². The van der Waals surface area contributed by atoms with Gasteiger partial charge in [0.25, 0.3) is 0 Å². The number of hydrogen-bond acceptors (Lipinski definition) is 3. The van der Waals surface area contributed by atoms with E-state index in [2.05, 4.69) is 5.16 Å². The van der Waals surface area contributed by atoms with Crippen molar-refractivity contribution in [1.29, 1.82) is 0 Å². The highest BCUT2D eigenvalue weighted by Crippen LogP contribution is 2.22. The average Bonchev–Trinajstić information content (AvgIpc) is 1.98.